The highest BCUT2D eigenvalue weighted by Gasteiger charge is 2.36. The van der Waals surface area contributed by atoms with Crippen LogP contribution in [0.4, 0.5) is 10.1 Å². The van der Waals surface area contributed by atoms with Crippen LogP contribution < -0.4 is 4.90 Å². The molecule has 0 radical (unpaired) electrons. The molecule has 2 fully saturated rings. The summed E-state index contributed by atoms with van der Waals surface area (Å²) in [6.07, 6.45) is 2.78. The topological polar surface area (TPSA) is 63.5 Å². The van der Waals surface area contributed by atoms with Crippen molar-refractivity contribution in [2.75, 3.05) is 38.1 Å². The largest absolute Gasteiger partial charge is 0.371 e. The Labute approximate surface area is 170 Å². The number of amides is 1. The fraction of sp³-hybridized carbons (Fsp3) is 0.500. The lowest BCUT2D eigenvalue weighted by Crippen LogP contribution is -2.48. The molecule has 1 aromatic carbocycles. The SMILES string of the molecule is CN(c1ccc2ncccc2c1)C1CCN(CC(=O)N2C[C@@H](F)C[C@H]2C#N)CC1. The lowest BCUT2D eigenvalue weighted by molar-refractivity contribution is -0.132. The number of pyridine rings is 1. The number of likely N-dealkylation sites (tertiary alicyclic amines) is 2. The van der Waals surface area contributed by atoms with Gasteiger partial charge in [-0.2, -0.15) is 5.26 Å². The van der Waals surface area contributed by atoms with E-state index in [9.17, 15) is 9.18 Å². The van der Waals surface area contributed by atoms with E-state index < -0.39 is 12.2 Å². The minimum atomic E-state index is -1.08. The molecule has 0 aliphatic carbocycles. The summed E-state index contributed by atoms with van der Waals surface area (Å²) in [5.41, 5.74) is 2.16. The van der Waals surface area contributed by atoms with E-state index in [0.717, 1.165) is 36.8 Å². The Morgan fingerprint density at radius 1 is 1.34 bits per heavy atom. The molecule has 0 saturated carbocycles. The molecular weight excluding hydrogens is 369 g/mol. The van der Waals surface area contributed by atoms with Gasteiger partial charge in [-0.3, -0.25) is 14.7 Å². The summed E-state index contributed by atoms with van der Waals surface area (Å²) in [5, 5.41) is 10.3. The summed E-state index contributed by atoms with van der Waals surface area (Å²) in [5.74, 6) is -0.134. The molecule has 152 valence electrons. The number of hydrogen-bond acceptors (Lipinski definition) is 5. The third-order valence-electron chi connectivity index (χ3n) is 6.18. The Kier molecular flexibility index (Phi) is 5.63. The first-order valence-electron chi connectivity index (χ1n) is 10.2. The van der Waals surface area contributed by atoms with Crippen molar-refractivity contribution in [1.29, 1.82) is 5.26 Å². The van der Waals surface area contributed by atoms with Gasteiger partial charge in [-0.1, -0.05) is 6.07 Å². The van der Waals surface area contributed by atoms with E-state index >= 15 is 0 Å². The fourth-order valence-electron chi connectivity index (χ4n) is 4.42. The second kappa shape index (κ2) is 8.34. The first-order chi connectivity index (χ1) is 14.0. The zero-order valence-electron chi connectivity index (χ0n) is 16.7. The van der Waals surface area contributed by atoms with Gasteiger partial charge in [0.25, 0.3) is 0 Å². The minimum Gasteiger partial charge on any atom is -0.371 e. The highest BCUT2D eigenvalue weighted by molar-refractivity contribution is 5.82. The highest BCUT2D eigenvalue weighted by Crippen LogP contribution is 2.26. The van der Waals surface area contributed by atoms with Crippen molar-refractivity contribution >= 4 is 22.5 Å². The van der Waals surface area contributed by atoms with Gasteiger partial charge in [-0.15, -0.1) is 0 Å². The van der Waals surface area contributed by atoms with E-state index in [1.807, 2.05) is 6.07 Å². The molecule has 6 nitrogen and oxygen atoms in total. The molecule has 2 aromatic rings. The number of aromatic nitrogens is 1. The zero-order chi connectivity index (χ0) is 20.4. The molecule has 0 N–H and O–H groups in total. The number of hydrogen-bond donors (Lipinski definition) is 0. The van der Waals surface area contributed by atoms with Crippen LogP contribution in [0.2, 0.25) is 0 Å². The summed E-state index contributed by atoms with van der Waals surface area (Å²) < 4.78 is 13.6. The average molecular weight is 395 g/mol. The number of anilines is 1. The molecular formula is C22H26FN5O. The van der Waals surface area contributed by atoms with Crippen LogP contribution in [0.5, 0.6) is 0 Å². The number of halogens is 1. The molecule has 4 rings (SSSR count). The number of rotatable bonds is 4. The Morgan fingerprint density at radius 3 is 2.90 bits per heavy atom. The normalized spacial score (nSPS) is 23.3. The van der Waals surface area contributed by atoms with Gasteiger partial charge in [0.15, 0.2) is 0 Å². The molecule has 2 aliphatic rings. The minimum absolute atomic E-state index is 0.0487. The number of alkyl halides is 1. The number of nitriles is 1. The second-order valence-electron chi connectivity index (χ2n) is 8.02. The number of fused-ring (bicyclic) bond motifs is 1. The molecule has 1 aromatic heterocycles. The fourth-order valence-corrected chi connectivity index (χ4v) is 4.42. The molecule has 0 unspecified atom stereocenters. The van der Waals surface area contributed by atoms with E-state index in [1.165, 1.54) is 10.6 Å². The van der Waals surface area contributed by atoms with Crippen molar-refractivity contribution < 1.29 is 9.18 Å². The maximum Gasteiger partial charge on any atom is 0.237 e. The van der Waals surface area contributed by atoms with Crippen LogP contribution in [0.1, 0.15) is 19.3 Å². The molecule has 29 heavy (non-hydrogen) atoms. The van der Waals surface area contributed by atoms with Crippen molar-refractivity contribution in [2.24, 2.45) is 0 Å². The van der Waals surface area contributed by atoms with Crippen molar-refractivity contribution in [3.05, 3.63) is 36.5 Å². The smallest absolute Gasteiger partial charge is 0.237 e. The molecule has 0 spiro atoms. The van der Waals surface area contributed by atoms with Gasteiger partial charge in [0.2, 0.25) is 5.91 Å². The Morgan fingerprint density at radius 2 is 2.14 bits per heavy atom. The predicted octanol–water partition coefficient (Wildman–Crippen LogP) is 2.60. The van der Waals surface area contributed by atoms with Gasteiger partial charge in [-0.25, -0.2) is 4.39 Å². The van der Waals surface area contributed by atoms with Crippen LogP contribution in [-0.4, -0.2) is 72.2 Å². The summed E-state index contributed by atoms with van der Waals surface area (Å²) in [6, 6.07) is 12.2. The van der Waals surface area contributed by atoms with Crippen LogP contribution in [-0.2, 0) is 4.79 Å². The van der Waals surface area contributed by atoms with Crippen molar-refractivity contribution in [3.63, 3.8) is 0 Å². The number of nitrogens with zero attached hydrogens (tertiary/aromatic N) is 5. The average Bonchev–Trinajstić information content (AvgIpc) is 3.14. The first kappa shape index (κ1) is 19.6. The van der Waals surface area contributed by atoms with Gasteiger partial charge in [0, 0.05) is 49.9 Å². The van der Waals surface area contributed by atoms with Gasteiger partial charge >= 0.3 is 0 Å². The molecule has 2 saturated heterocycles. The van der Waals surface area contributed by atoms with Crippen molar-refractivity contribution in [3.8, 4) is 6.07 Å². The van der Waals surface area contributed by atoms with Crippen molar-refractivity contribution in [2.45, 2.75) is 37.5 Å². The van der Waals surface area contributed by atoms with E-state index in [0.29, 0.717) is 6.04 Å². The Balaban J connectivity index is 1.33. The summed E-state index contributed by atoms with van der Waals surface area (Å²) in [7, 11) is 2.12. The maximum absolute atomic E-state index is 13.6. The molecule has 2 aliphatic heterocycles. The highest BCUT2D eigenvalue weighted by atomic mass is 19.1. The Bertz CT molecular complexity index is 921. The van der Waals surface area contributed by atoms with Crippen LogP contribution in [0, 0.1) is 11.3 Å². The number of piperidine rings is 1. The molecule has 7 heteroatoms. The monoisotopic (exact) mass is 395 g/mol. The van der Waals surface area contributed by atoms with Gasteiger partial charge in [-0.05, 0) is 37.1 Å². The van der Waals surface area contributed by atoms with Crippen LogP contribution in [0.25, 0.3) is 10.9 Å². The maximum atomic E-state index is 13.6. The molecule has 1 amide bonds. The number of benzene rings is 1. The van der Waals surface area contributed by atoms with Gasteiger partial charge < -0.3 is 9.80 Å². The first-order valence-corrected chi connectivity index (χ1v) is 10.2. The standard InChI is InChI=1S/C22H26FN5O/c1-26(19-4-5-21-16(11-19)3-2-8-25-21)18-6-9-27(10-7-18)15-22(29)28-14-17(23)12-20(28)13-24/h2-5,8,11,17-18,20H,6-7,9-10,12,14-15H2,1H3/t17-,20-/m0/s1. The van der Waals surface area contributed by atoms with E-state index in [2.05, 4.69) is 52.2 Å². The number of carbonyl (C=O) groups excluding carboxylic acids is 1. The Hall–Kier alpha value is -2.72. The molecule has 3 heterocycles. The van der Waals surface area contributed by atoms with Crippen LogP contribution in [0.15, 0.2) is 36.5 Å². The van der Waals surface area contributed by atoms with Gasteiger partial charge in [0.05, 0.1) is 24.7 Å². The summed E-state index contributed by atoms with van der Waals surface area (Å²) >= 11 is 0. The van der Waals surface area contributed by atoms with Crippen LogP contribution in [0.3, 0.4) is 0 Å². The third-order valence-corrected chi connectivity index (χ3v) is 6.18. The summed E-state index contributed by atoms with van der Waals surface area (Å²) in [6.45, 7) is 1.95. The second-order valence-corrected chi connectivity index (χ2v) is 8.02. The van der Waals surface area contributed by atoms with E-state index in [-0.39, 0.29) is 25.4 Å². The van der Waals surface area contributed by atoms with Crippen LogP contribution >= 0.6 is 0 Å². The quantitative estimate of drug-likeness (QED) is 0.796. The zero-order valence-corrected chi connectivity index (χ0v) is 16.7. The van der Waals surface area contributed by atoms with Crippen molar-refractivity contribution in [1.82, 2.24) is 14.8 Å². The molecule has 0 bridgehead atoms. The van der Waals surface area contributed by atoms with E-state index in [4.69, 9.17) is 5.26 Å². The lowest BCUT2D eigenvalue weighted by atomic mass is 10.0. The summed E-state index contributed by atoms with van der Waals surface area (Å²) in [4.78, 5) is 22.8. The van der Waals surface area contributed by atoms with E-state index in [1.54, 1.807) is 6.20 Å². The number of carbonyl (C=O) groups is 1. The predicted molar refractivity (Wildman–Crippen MR) is 110 cm³/mol. The lowest BCUT2D eigenvalue weighted by Gasteiger charge is -2.38. The molecule has 2 atom stereocenters. The van der Waals surface area contributed by atoms with Gasteiger partial charge in [0.1, 0.15) is 12.2 Å². The third kappa shape index (κ3) is 4.18.